The molecule has 0 saturated heterocycles. The fourth-order valence-electron chi connectivity index (χ4n) is 2.27. The summed E-state index contributed by atoms with van der Waals surface area (Å²) in [6, 6.07) is 12.8. The SMILES string of the molecule is Fc1ccc(Cn2ccnc2Cc2ccc(Cl)cc2)cc1Br. The minimum absolute atomic E-state index is 0.254. The lowest BCUT2D eigenvalue weighted by molar-refractivity contribution is 0.619. The van der Waals surface area contributed by atoms with Crippen LogP contribution in [0.1, 0.15) is 17.0 Å². The fourth-order valence-corrected chi connectivity index (χ4v) is 2.82. The quantitative estimate of drug-likeness (QED) is 0.618. The molecule has 3 aromatic rings. The van der Waals surface area contributed by atoms with Gasteiger partial charge in [-0.3, -0.25) is 0 Å². The molecule has 0 unspecified atom stereocenters. The Labute approximate surface area is 141 Å². The van der Waals surface area contributed by atoms with Gasteiger partial charge in [0.15, 0.2) is 0 Å². The normalized spacial score (nSPS) is 10.9. The summed E-state index contributed by atoms with van der Waals surface area (Å²) < 4.78 is 15.8. The summed E-state index contributed by atoms with van der Waals surface area (Å²) in [5.74, 6) is 0.707. The molecular weight excluding hydrogens is 367 g/mol. The van der Waals surface area contributed by atoms with Gasteiger partial charge in [0, 0.05) is 30.4 Å². The minimum Gasteiger partial charge on any atom is -0.330 e. The van der Waals surface area contributed by atoms with E-state index in [-0.39, 0.29) is 5.82 Å². The van der Waals surface area contributed by atoms with E-state index in [1.165, 1.54) is 6.07 Å². The maximum Gasteiger partial charge on any atom is 0.137 e. The molecular formula is C17H13BrClFN2. The van der Waals surface area contributed by atoms with Crippen LogP contribution >= 0.6 is 27.5 Å². The summed E-state index contributed by atoms with van der Waals surface area (Å²) in [4.78, 5) is 4.41. The van der Waals surface area contributed by atoms with Crippen molar-refractivity contribution in [1.29, 1.82) is 0 Å². The smallest absolute Gasteiger partial charge is 0.137 e. The fraction of sp³-hybridized carbons (Fsp3) is 0.118. The molecule has 0 spiro atoms. The zero-order chi connectivity index (χ0) is 15.5. The Bertz CT molecular complexity index is 784. The van der Waals surface area contributed by atoms with Crippen LogP contribution < -0.4 is 0 Å². The van der Waals surface area contributed by atoms with Gasteiger partial charge in [-0.1, -0.05) is 29.8 Å². The average molecular weight is 380 g/mol. The Morgan fingerprint density at radius 2 is 1.82 bits per heavy atom. The summed E-state index contributed by atoms with van der Waals surface area (Å²) in [5.41, 5.74) is 2.17. The van der Waals surface area contributed by atoms with Crippen molar-refractivity contribution >= 4 is 27.5 Å². The second-order valence-corrected chi connectivity index (χ2v) is 6.31. The number of hydrogen-bond donors (Lipinski definition) is 0. The van der Waals surface area contributed by atoms with Crippen LogP contribution in [-0.4, -0.2) is 9.55 Å². The van der Waals surface area contributed by atoms with E-state index in [1.54, 1.807) is 18.3 Å². The molecule has 1 aromatic heterocycles. The third kappa shape index (κ3) is 3.57. The van der Waals surface area contributed by atoms with Gasteiger partial charge in [0.25, 0.3) is 0 Å². The molecule has 0 aliphatic carbocycles. The van der Waals surface area contributed by atoms with Gasteiger partial charge < -0.3 is 4.57 Å². The van der Waals surface area contributed by atoms with Crippen molar-refractivity contribution in [3.05, 3.63) is 87.1 Å². The van der Waals surface area contributed by atoms with Crippen molar-refractivity contribution < 1.29 is 4.39 Å². The van der Waals surface area contributed by atoms with Gasteiger partial charge >= 0.3 is 0 Å². The van der Waals surface area contributed by atoms with Crippen LogP contribution in [0.4, 0.5) is 4.39 Å². The lowest BCUT2D eigenvalue weighted by Crippen LogP contribution is -2.05. The predicted molar refractivity (Wildman–Crippen MR) is 89.7 cm³/mol. The maximum absolute atomic E-state index is 13.3. The first-order valence-electron chi connectivity index (χ1n) is 6.80. The Hall–Kier alpha value is -1.65. The molecule has 22 heavy (non-hydrogen) atoms. The molecule has 0 radical (unpaired) electrons. The minimum atomic E-state index is -0.254. The monoisotopic (exact) mass is 378 g/mol. The zero-order valence-corrected chi connectivity index (χ0v) is 14.0. The molecule has 0 amide bonds. The highest BCUT2D eigenvalue weighted by molar-refractivity contribution is 9.10. The number of rotatable bonds is 4. The standard InChI is InChI=1S/C17H13BrClFN2/c18-15-9-13(3-6-16(15)20)11-22-8-7-21-17(22)10-12-1-4-14(19)5-2-12/h1-9H,10-11H2. The number of hydrogen-bond acceptors (Lipinski definition) is 1. The molecule has 0 aliphatic rings. The second kappa shape index (κ2) is 6.63. The first-order valence-corrected chi connectivity index (χ1v) is 7.97. The van der Waals surface area contributed by atoms with Gasteiger partial charge in [0.05, 0.1) is 4.47 Å². The summed E-state index contributed by atoms with van der Waals surface area (Å²) >= 11 is 9.12. The van der Waals surface area contributed by atoms with Gasteiger partial charge in [-0.25, -0.2) is 9.37 Å². The van der Waals surface area contributed by atoms with Crippen LogP contribution in [0, 0.1) is 5.82 Å². The van der Waals surface area contributed by atoms with E-state index in [0.717, 1.165) is 28.4 Å². The third-order valence-corrected chi connectivity index (χ3v) is 4.27. The van der Waals surface area contributed by atoms with Crippen LogP contribution in [0.5, 0.6) is 0 Å². The van der Waals surface area contributed by atoms with Crippen LogP contribution in [0.3, 0.4) is 0 Å². The molecule has 0 fully saturated rings. The largest absolute Gasteiger partial charge is 0.330 e. The Morgan fingerprint density at radius 1 is 1.09 bits per heavy atom. The van der Waals surface area contributed by atoms with Crippen molar-refractivity contribution in [2.45, 2.75) is 13.0 Å². The maximum atomic E-state index is 13.3. The van der Waals surface area contributed by atoms with E-state index in [2.05, 4.69) is 25.5 Å². The van der Waals surface area contributed by atoms with Crippen molar-refractivity contribution in [3.63, 3.8) is 0 Å². The number of halogens is 3. The van der Waals surface area contributed by atoms with Crippen molar-refractivity contribution in [2.75, 3.05) is 0 Å². The molecule has 0 N–H and O–H groups in total. The second-order valence-electron chi connectivity index (χ2n) is 5.02. The lowest BCUT2D eigenvalue weighted by atomic mass is 10.1. The number of nitrogens with zero attached hydrogens (tertiary/aromatic N) is 2. The topological polar surface area (TPSA) is 17.8 Å². The number of aromatic nitrogens is 2. The van der Waals surface area contributed by atoms with E-state index < -0.39 is 0 Å². The third-order valence-electron chi connectivity index (χ3n) is 3.41. The van der Waals surface area contributed by atoms with Gasteiger partial charge in [-0.2, -0.15) is 0 Å². The molecule has 112 valence electrons. The van der Waals surface area contributed by atoms with Crippen molar-refractivity contribution in [1.82, 2.24) is 9.55 Å². The lowest BCUT2D eigenvalue weighted by Gasteiger charge is -2.09. The summed E-state index contributed by atoms with van der Waals surface area (Å²) in [7, 11) is 0. The molecule has 0 atom stereocenters. The number of benzene rings is 2. The summed E-state index contributed by atoms with van der Waals surface area (Å²) in [5, 5.41) is 0.725. The average Bonchev–Trinajstić information content (AvgIpc) is 2.92. The van der Waals surface area contributed by atoms with Crippen LogP contribution in [-0.2, 0) is 13.0 Å². The van der Waals surface area contributed by atoms with Gasteiger partial charge in [-0.15, -0.1) is 0 Å². The van der Waals surface area contributed by atoms with Crippen molar-refractivity contribution in [2.24, 2.45) is 0 Å². The molecule has 2 nitrogen and oxygen atoms in total. The molecule has 5 heteroatoms. The first kappa shape index (κ1) is 15.3. The molecule has 0 bridgehead atoms. The van der Waals surface area contributed by atoms with E-state index in [4.69, 9.17) is 11.6 Å². The summed E-state index contributed by atoms with van der Waals surface area (Å²) in [6.07, 6.45) is 4.44. The highest BCUT2D eigenvalue weighted by atomic mass is 79.9. The van der Waals surface area contributed by atoms with E-state index in [0.29, 0.717) is 11.0 Å². The molecule has 0 saturated carbocycles. The van der Waals surface area contributed by atoms with Crippen LogP contribution in [0.15, 0.2) is 59.3 Å². The van der Waals surface area contributed by atoms with Gasteiger partial charge in [0.1, 0.15) is 11.6 Å². The zero-order valence-electron chi connectivity index (χ0n) is 11.6. The predicted octanol–water partition coefficient (Wildman–Crippen LogP) is 5.08. The molecule has 0 aliphatic heterocycles. The highest BCUT2D eigenvalue weighted by Gasteiger charge is 2.07. The van der Waals surface area contributed by atoms with Crippen LogP contribution in [0.25, 0.3) is 0 Å². The highest BCUT2D eigenvalue weighted by Crippen LogP contribution is 2.19. The Kier molecular flexibility index (Phi) is 4.60. The number of imidazole rings is 1. The van der Waals surface area contributed by atoms with Gasteiger partial charge in [0.2, 0.25) is 0 Å². The van der Waals surface area contributed by atoms with Crippen LogP contribution in [0.2, 0.25) is 5.02 Å². The van der Waals surface area contributed by atoms with E-state index >= 15 is 0 Å². The van der Waals surface area contributed by atoms with Crippen molar-refractivity contribution in [3.8, 4) is 0 Å². The molecule has 1 heterocycles. The van der Waals surface area contributed by atoms with E-state index in [1.807, 2.05) is 30.5 Å². The Morgan fingerprint density at radius 3 is 2.55 bits per heavy atom. The van der Waals surface area contributed by atoms with Gasteiger partial charge in [-0.05, 0) is 51.3 Å². The summed E-state index contributed by atoms with van der Waals surface area (Å²) in [6.45, 7) is 0.655. The molecule has 2 aromatic carbocycles. The van der Waals surface area contributed by atoms with E-state index in [9.17, 15) is 4.39 Å². The molecule has 3 rings (SSSR count). The Balaban J connectivity index is 1.79. The first-order chi connectivity index (χ1) is 10.6.